The van der Waals surface area contributed by atoms with E-state index in [-0.39, 0.29) is 6.09 Å². The summed E-state index contributed by atoms with van der Waals surface area (Å²) in [7, 11) is 3.63. The predicted molar refractivity (Wildman–Crippen MR) is 192 cm³/mol. The van der Waals surface area contributed by atoms with Gasteiger partial charge in [0.2, 0.25) is 0 Å². The van der Waals surface area contributed by atoms with Crippen LogP contribution in [0, 0.1) is 6.92 Å². The highest BCUT2D eigenvalue weighted by atomic mass is 16.6. The fraction of sp³-hybridized carbons (Fsp3) is 0.405. The molecule has 1 aliphatic rings. The number of hydrogen-bond donors (Lipinski definition) is 1. The van der Waals surface area contributed by atoms with Gasteiger partial charge in [0.1, 0.15) is 28.9 Å². The van der Waals surface area contributed by atoms with Gasteiger partial charge in [0.15, 0.2) is 17.4 Å². The number of nitrogens with zero attached hydrogens (tertiary/aromatic N) is 6. The number of carbonyl (C=O) groups excluding carboxylic acids is 1. The number of anilines is 4. The minimum atomic E-state index is -0.543. The maximum absolute atomic E-state index is 12.6. The maximum atomic E-state index is 12.6. The number of aryl methyl sites for hydroxylation is 1. The summed E-state index contributed by atoms with van der Waals surface area (Å²) in [5.74, 6) is 3.78. The Morgan fingerprint density at radius 2 is 1.83 bits per heavy atom. The molecular formula is C37H47N7O4. The molecule has 3 heterocycles. The summed E-state index contributed by atoms with van der Waals surface area (Å²) in [4.78, 5) is 32.5. The van der Waals surface area contributed by atoms with Crippen LogP contribution in [0.5, 0.6) is 17.2 Å². The van der Waals surface area contributed by atoms with Crippen LogP contribution in [-0.2, 0) is 4.74 Å². The van der Waals surface area contributed by atoms with Gasteiger partial charge >= 0.3 is 6.09 Å². The molecule has 2 aromatic carbocycles. The average Bonchev–Trinajstić information content (AvgIpc) is 3.07. The van der Waals surface area contributed by atoms with Crippen molar-refractivity contribution >= 4 is 40.1 Å². The highest BCUT2D eigenvalue weighted by Crippen LogP contribution is 2.37. The fourth-order valence-electron chi connectivity index (χ4n) is 5.59. The van der Waals surface area contributed by atoms with E-state index >= 15 is 0 Å². The van der Waals surface area contributed by atoms with Crippen LogP contribution in [0.4, 0.5) is 27.8 Å². The Morgan fingerprint density at radius 3 is 2.48 bits per heavy atom. The lowest BCUT2D eigenvalue weighted by molar-refractivity contribution is 0.0240. The van der Waals surface area contributed by atoms with Gasteiger partial charge in [-0.25, -0.2) is 19.7 Å². The first kappa shape index (κ1) is 34.3. The van der Waals surface area contributed by atoms with Crippen LogP contribution in [-0.4, -0.2) is 71.9 Å². The van der Waals surface area contributed by atoms with Crippen molar-refractivity contribution < 1.29 is 19.0 Å². The molecule has 0 radical (unpaired) electrons. The third kappa shape index (κ3) is 7.73. The van der Waals surface area contributed by atoms with Crippen molar-refractivity contribution in [1.29, 1.82) is 0 Å². The molecule has 254 valence electrons. The molecule has 0 bridgehead atoms. The number of nitrogens with one attached hydrogen (secondary N) is 1. The average molecular weight is 654 g/mol. The molecular weight excluding hydrogens is 606 g/mol. The number of piperazine rings is 1. The van der Waals surface area contributed by atoms with E-state index in [1.54, 1.807) is 12.0 Å². The summed E-state index contributed by atoms with van der Waals surface area (Å²) < 4.78 is 17.7. The maximum Gasteiger partial charge on any atom is 0.410 e. The van der Waals surface area contributed by atoms with E-state index < -0.39 is 5.60 Å². The van der Waals surface area contributed by atoms with E-state index in [4.69, 9.17) is 19.2 Å². The molecule has 1 fully saturated rings. The Labute approximate surface area is 283 Å². The second-order valence-corrected chi connectivity index (χ2v) is 13.1. The van der Waals surface area contributed by atoms with Gasteiger partial charge in [0.25, 0.3) is 0 Å². The van der Waals surface area contributed by atoms with Crippen molar-refractivity contribution in [3.05, 3.63) is 72.7 Å². The van der Waals surface area contributed by atoms with Crippen LogP contribution >= 0.6 is 0 Å². The summed E-state index contributed by atoms with van der Waals surface area (Å²) >= 11 is 0. The fourth-order valence-corrected chi connectivity index (χ4v) is 5.59. The highest BCUT2D eigenvalue weighted by molar-refractivity contribution is 5.90. The minimum absolute atomic E-state index is 0.308. The van der Waals surface area contributed by atoms with Crippen LogP contribution in [0.3, 0.4) is 0 Å². The molecule has 5 rings (SSSR count). The second kappa shape index (κ2) is 14.4. The Balaban J connectivity index is 1.35. The van der Waals surface area contributed by atoms with Gasteiger partial charge in [-0.2, -0.15) is 0 Å². The number of ether oxygens (including phenoxy) is 3. The van der Waals surface area contributed by atoms with Crippen LogP contribution in [0.25, 0.3) is 11.0 Å². The van der Waals surface area contributed by atoms with E-state index in [1.165, 1.54) is 11.9 Å². The summed E-state index contributed by atoms with van der Waals surface area (Å²) in [6.45, 7) is 18.2. The number of benzene rings is 2. The monoisotopic (exact) mass is 653 g/mol. The zero-order valence-electron chi connectivity index (χ0n) is 29.3. The molecule has 1 atom stereocenters. The molecule has 0 aliphatic carbocycles. The number of rotatable bonds is 10. The molecule has 0 saturated carbocycles. The van der Waals surface area contributed by atoms with Gasteiger partial charge < -0.3 is 34.2 Å². The summed E-state index contributed by atoms with van der Waals surface area (Å²) in [6.07, 6.45) is 4.04. The van der Waals surface area contributed by atoms with Crippen LogP contribution in [0.2, 0.25) is 0 Å². The summed E-state index contributed by atoms with van der Waals surface area (Å²) in [5.41, 5.74) is 4.87. The first-order chi connectivity index (χ1) is 22.9. The molecule has 2 aromatic heterocycles. The van der Waals surface area contributed by atoms with Crippen molar-refractivity contribution in [2.75, 3.05) is 55.5 Å². The summed E-state index contributed by atoms with van der Waals surface area (Å²) in [5, 5.41) is 3.44. The Hall–Kier alpha value is -5.06. The van der Waals surface area contributed by atoms with Gasteiger partial charge in [-0.3, -0.25) is 0 Å². The van der Waals surface area contributed by atoms with E-state index in [0.29, 0.717) is 60.5 Å². The number of methoxy groups -OCH3 is 1. The number of aromatic nitrogens is 3. The van der Waals surface area contributed by atoms with Crippen LogP contribution in [0.1, 0.15) is 58.1 Å². The van der Waals surface area contributed by atoms with Gasteiger partial charge in [0, 0.05) is 50.7 Å². The molecule has 48 heavy (non-hydrogen) atoms. The molecule has 1 amide bonds. The first-order valence-corrected chi connectivity index (χ1v) is 16.4. The first-order valence-electron chi connectivity index (χ1n) is 16.4. The van der Waals surface area contributed by atoms with Crippen molar-refractivity contribution in [3.8, 4) is 17.2 Å². The van der Waals surface area contributed by atoms with Crippen LogP contribution < -0.4 is 24.6 Å². The van der Waals surface area contributed by atoms with Crippen molar-refractivity contribution in [2.24, 2.45) is 0 Å². The molecule has 11 nitrogen and oxygen atoms in total. The topological polar surface area (TPSA) is 105 Å². The van der Waals surface area contributed by atoms with E-state index in [1.807, 2.05) is 76.2 Å². The number of amides is 1. The lowest BCUT2D eigenvalue weighted by atomic mass is 9.96. The quantitative estimate of drug-likeness (QED) is 0.181. The number of hydrogen-bond acceptors (Lipinski definition) is 10. The zero-order valence-corrected chi connectivity index (χ0v) is 29.3. The highest BCUT2D eigenvalue weighted by Gasteiger charge is 2.28. The normalized spacial score (nSPS) is 14.0. The molecule has 1 unspecified atom stereocenters. The van der Waals surface area contributed by atoms with E-state index in [9.17, 15) is 4.79 Å². The third-order valence-electron chi connectivity index (χ3n) is 8.47. The standard InChI is InChI=1S/C37H47N7O4/c1-10-24(3)28-21-27(13-14-30(28)42(8)11-2)47-31-15-12-26(20-25(31)4)40-34-33-29(38-23-39-34)22-32(46-9)35(41-33)43-16-18-44(19-17-43)36(45)48-37(5,6)7/h11-15,20-24H,2,10,16-19H2,1,3-9H3,(H,38,39,40). The Bertz CT molecular complexity index is 1780. The number of carbonyl (C=O) groups is 1. The Morgan fingerprint density at radius 1 is 1.08 bits per heavy atom. The summed E-state index contributed by atoms with van der Waals surface area (Å²) in [6, 6.07) is 14.0. The molecule has 0 spiro atoms. The minimum Gasteiger partial charge on any atom is -0.493 e. The second-order valence-electron chi connectivity index (χ2n) is 13.1. The zero-order chi connectivity index (χ0) is 34.6. The van der Waals surface area contributed by atoms with Gasteiger partial charge in [0.05, 0.1) is 12.6 Å². The Kier molecular flexibility index (Phi) is 10.3. The van der Waals surface area contributed by atoms with E-state index in [2.05, 4.69) is 52.7 Å². The lowest BCUT2D eigenvalue weighted by Gasteiger charge is -2.36. The molecule has 1 N–H and O–H groups in total. The number of pyridine rings is 1. The SMILES string of the molecule is C=CN(C)c1ccc(Oc2ccc(Nc3ncnc4cc(OC)c(N5CCN(C(=O)OC(C)(C)C)CC5)nc34)cc2C)cc1C(C)CC. The van der Waals surface area contributed by atoms with Gasteiger partial charge in [-0.15, -0.1) is 0 Å². The molecule has 1 saturated heterocycles. The molecule has 4 aromatic rings. The molecule has 1 aliphatic heterocycles. The molecule has 11 heteroatoms. The largest absolute Gasteiger partial charge is 0.493 e. The van der Waals surface area contributed by atoms with Gasteiger partial charge in [-0.1, -0.05) is 20.4 Å². The van der Waals surface area contributed by atoms with Crippen molar-refractivity contribution in [1.82, 2.24) is 19.9 Å². The third-order valence-corrected chi connectivity index (χ3v) is 8.47. The van der Waals surface area contributed by atoms with Gasteiger partial charge in [-0.05, 0) is 93.8 Å². The predicted octanol–water partition coefficient (Wildman–Crippen LogP) is 8.03. The van der Waals surface area contributed by atoms with Crippen molar-refractivity contribution in [2.45, 2.75) is 59.5 Å². The van der Waals surface area contributed by atoms with Crippen molar-refractivity contribution in [3.63, 3.8) is 0 Å². The van der Waals surface area contributed by atoms with E-state index in [0.717, 1.165) is 34.9 Å². The smallest absolute Gasteiger partial charge is 0.410 e. The van der Waals surface area contributed by atoms with Crippen LogP contribution in [0.15, 0.2) is 61.6 Å². The lowest BCUT2D eigenvalue weighted by Crippen LogP contribution is -2.50. The number of fused-ring (bicyclic) bond motifs is 1.